The molecule has 6 heteroatoms. The Hall–Kier alpha value is -3.15. The number of hydrogen-bond acceptors (Lipinski definition) is 5. The first kappa shape index (κ1) is 17.3. The number of fused-ring (bicyclic) bond motifs is 1. The van der Waals surface area contributed by atoms with E-state index in [-0.39, 0.29) is 11.9 Å². The van der Waals surface area contributed by atoms with Gasteiger partial charge in [-0.25, -0.2) is 4.98 Å². The van der Waals surface area contributed by atoms with Gasteiger partial charge in [0.2, 0.25) is 0 Å². The maximum absolute atomic E-state index is 12.6. The Morgan fingerprint density at radius 2 is 2.15 bits per heavy atom. The lowest BCUT2D eigenvalue weighted by molar-refractivity contribution is 0.0786. The van der Waals surface area contributed by atoms with E-state index < -0.39 is 0 Å². The van der Waals surface area contributed by atoms with Gasteiger partial charge in [-0.15, -0.1) is 0 Å². The average molecular weight is 362 g/mol. The van der Waals surface area contributed by atoms with Gasteiger partial charge >= 0.3 is 0 Å². The highest BCUT2D eigenvalue weighted by atomic mass is 16.5. The molecule has 0 spiro atoms. The van der Waals surface area contributed by atoms with Crippen LogP contribution in [-0.4, -0.2) is 47.0 Å². The first-order valence-electron chi connectivity index (χ1n) is 9.07. The van der Waals surface area contributed by atoms with Gasteiger partial charge in [0.05, 0.1) is 7.11 Å². The van der Waals surface area contributed by atoms with Crippen LogP contribution in [0.1, 0.15) is 22.6 Å². The summed E-state index contributed by atoms with van der Waals surface area (Å²) in [5.41, 5.74) is 3.29. The molecule has 6 nitrogen and oxygen atoms in total. The molecule has 1 aromatic carbocycles. The third-order valence-electron chi connectivity index (χ3n) is 4.87. The van der Waals surface area contributed by atoms with Crippen LogP contribution in [0.3, 0.4) is 0 Å². The van der Waals surface area contributed by atoms with Gasteiger partial charge in [-0.2, -0.15) is 0 Å². The van der Waals surface area contributed by atoms with Gasteiger partial charge in [0.25, 0.3) is 5.91 Å². The van der Waals surface area contributed by atoms with Crippen LogP contribution in [0.25, 0.3) is 10.9 Å². The molecule has 3 aromatic rings. The second-order valence-corrected chi connectivity index (χ2v) is 6.76. The molecule has 27 heavy (non-hydrogen) atoms. The summed E-state index contributed by atoms with van der Waals surface area (Å²) < 4.78 is 5.45. The predicted octanol–water partition coefficient (Wildman–Crippen LogP) is 3.27. The van der Waals surface area contributed by atoms with Crippen LogP contribution in [0, 0.1) is 6.92 Å². The minimum Gasteiger partial charge on any atom is -0.494 e. The normalized spacial score (nSPS) is 16.5. The molecule has 1 fully saturated rings. The first-order chi connectivity index (χ1) is 13.2. The number of anilines is 1. The van der Waals surface area contributed by atoms with Crippen molar-refractivity contribution < 1.29 is 9.53 Å². The number of pyridine rings is 2. The smallest absolute Gasteiger partial charge is 0.272 e. The molecule has 0 aliphatic carbocycles. The Morgan fingerprint density at radius 3 is 2.93 bits per heavy atom. The summed E-state index contributed by atoms with van der Waals surface area (Å²) in [6, 6.07) is 13.6. The van der Waals surface area contributed by atoms with Crippen molar-refractivity contribution in [3.8, 4) is 5.75 Å². The molecule has 0 saturated carbocycles. The Kier molecular flexibility index (Phi) is 4.62. The molecule has 1 N–H and O–H groups in total. The number of methoxy groups -OCH3 is 1. The molecular formula is C21H22N4O2. The maximum atomic E-state index is 12.6. The zero-order valence-corrected chi connectivity index (χ0v) is 15.5. The van der Waals surface area contributed by atoms with Crippen molar-refractivity contribution in [3.05, 3.63) is 60.0 Å². The van der Waals surface area contributed by atoms with E-state index in [2.05, 4.69) is 15.3 Å². The van der Waals surface area contributed by atoms with Gasteiger partial charge in [0, 0.05) is 42.1 Å². The summed E-state index contributed by atoms with van der Waals surface area (Å²) in [5.74, 6) is 0.745. The average Bonchev–Trinajstić information content (AvgIpc) is 3.16. The number of aromatic nitrogens is 2. The molecule has 1 saturated heterocycles. The van der Waals surface area contributed by atoms with Gasteiger partial charge in [0.1, 0.15) is 17.0 Å². The molecule has 3 heterocycles. The molecular weight excluding hydrogens is 340 g/mol. The van der Waals surface area contributed by atoms with E-state index in [4.69, 9.17) is 4.74 Å². The maximum Gasteiger partial charge on any atom is 0.272 e. The summed E-state index contributed by atoms with van der Waals surface area (Å²) in [4.78, 5) is 23.3. The van der Waals surface area contributed by atoms with Crippen LogP contribution < -0.4 is 10.1 Å². The van der Waals surface area contributed by atoms with E-state index >= 15 is 0 Å². The fourth-order valence-corrected chi connectivity index (χ4v) is 3.57. The molecule has 1 atom stereocenters. The summed E-state index contributed by atoms with van der Waals surface area (Å²) in [5, 5.41) is 4.63. The van der Waals surface area contributed by atoms with Crippen LogP contribution in [0.4, 0.5) is 5.69 Å². The van der Waals surface area contributed by atoms with Crippen molar-refractivity contribution in [1.29, 1.82) is 0 Å². The standard InChI is InChI=1S/C21H22N4O2/c1-14-12-18(16-6-5-8-19(27-2)20(16)23-14)24-15-9-11-25(13-15)21(26)17-7-3-4-10-22-17/h3-8,10,12,15H,9,11,13H2,1-2H3,(H,23,24). The number of amides is 1. The van der Waals surface area contributed by atoms with Crippen LogP contribution in [-0.2, 0) is 0 Å². The zero-order valence-electron chi connectivity index (χ0n) is 15.5. The van der Waals surface area contributed by atoms with Gasteiger partial charge in [-0.3, -0.25) is 9.78 Å². The lowest BCUT2D eigenvalue weighted by atomic mass is 10.1. The van der Waals surface area contributed by atoms with E-state index in [0.29, 0.717) is 12.2 Å². The number of ether oxygens (including phenoxy) is 1. The number of benzene rings is 1. The number of hydrogen-bond donors (Lipinski definition) is 1. The number of carbonyl (C=O) groups is 1. The van der Waals surface area contributed by atoms with Gasteiger partial charge in [-0.1, -0.05) is 18.2 Å². The third-order valence-corrected chi connectivity index (χ3v) is 4.87. The number of aryl methyl sites for hydroxylation is 1. The minimum absolute atomic E-state index is 0.0164. The van der Waals surface area contributed by atoms with Crippen molar-refractivity contribution in [1.82, 2.24) is 14.9 Å². The van der Waals surface area contributed by atoms with Crippen LogP contribution >= 0.6 is 0 Å². The monoisotopic (exact) mass is 362 g/mol. The summed E-state index contributed by atoms with van der Waals surface area (Å²) in [6.07, 6.45) is 2.55. The van der Waals surface area contributed by atoms with E-state index in [0.717, 1.165) is 41.0 Å². The predicted molar refractivity (Wildman–Crippen MR) is 105 cm³/mol. The summed E-state index contributed by atoms with van der Waals surface area (Å²) >= 11 is 0. The quantitative estimate of drug-likeness (QED) is 0.771. The van der Waals surface area contributed by atoms with Crippen LogP contribution in [0.5, 0.6) is 5.75 Å². The van der Waals surface area contributed by atoms with Gasteiger partial charge in [0.15, 0.2) is 0 Å². The Bertz CT molecular complexity index is 975. The summed E-state index contributed by atoms with van der Waals surface area (Å²) in [6.45, 7) is 3.35. The fourth-order valence-electron chi connectivity index (χ4n) is 3.57. The number of rotatable bonds is 4. The summed E-state index contributed by atoms with van der Waals surface area (Å²) in [7, 11) is 1.66. The molecule has 1 unspecified atom stereocenters. The zero-order chi connectivity index (χ0) is 18.8. The lowest BCUT2D eigenvalue weighted by Gasteiger charge is -2.19. The SMILES string of the molecule is COc1cccc2c(NC3CCN(C(=O)c4ccccn4)C3)cc(C)nc12. The first-order valence-corrected chi connectivity index (χ1v) is 9.07. The number of carbonyl (C=O) groups excluding carboxylic acids is 1. The van der Waals surface area contributed by atoms with Crippen molar-refractivity contribution in [2.24, 2.45) is 0 Å². The highest BCUT2D eigenvalue weighted by molar-refractivity contribution is 5.95. The van der Waals surface area contributed by atoms with Crippen molar-refractivity contribution in [2.45, 2.75) is 19.4 Å². The van der Waals surface area contributed by atoms with Crippen molar-refractivity contribution in [3.63, 3.8) is 0 Å². The van der Waals surface area contributed by atoms with Gasteiger partial charge in [-0.05, 0) is 37.6 Å². The number of nitrogens with one attached hydrogen (secondary N) is 1. The molecule has 1 amide bonds. The second-order valence-electron chi connectivity index (χ2n) is 6.76. The molecule has 2 aromatic heterocycles. The minimum atomic E-state index is -0.0164. The lowest BCUT2D eigenvalue weighted by Crippen LogP contribution is -2.32. The van der Waals surface area contributed by atoms with E-state index in [1.165, 1.54) is 0 Å². The van der Waals surface area contributed by atoms with E-state index in [9.17, 15) is 4.79 Å². The second kappa shape index (κ2) is 7.23. The topological polar surface area (TPSA) is 67.3 Å². The highest BCUT2D eigenvalue weighted by Gasteiger charge is 2.28. The molecule has 1 aliphatic rings. The Labute approximate surface area is 158 Å². The van der Waals surface area contributed by atoms with Crippen LogP contribution in [0.2, 0.25) is 0 Å². The molecule has 4 rings (SSSR count). The molecule has 138 valence electrons. The number of likely N-dealkylation sites (tertiary alicyclic amines) is 1. The van der Waals surface area contributed by atoms with E-state index in [1.54, 1.807) is 19.4 Å². The van der Waals surface area contributed by atoms with Crippen molar-refractivity contribution in [2.75, 3.05) is 25.5 Å². The largest absolute Gasteiger partial charge is 0.494 e. The highest BCUT2D eigenvalue weighted by Crippen LogP contribution is 2.31. The third kappa shape index (κ3) is 3.43. The fraction of sp³-hybridized carbons (Fsp3) is 0.286. The van der Waals surface area contributed by atoms with Crippen LogP contribution in [0.15, 0.2) is 48.7 Å². The number of nitrogens with zero attached hydrogens (tertiary/aromatic N) is 3. The molecule has 1 aliphatic heterocycles. The van der Waals surface area contributed by atoms with E-state index in [1.807, 2.05) is 48.2 Å². The Morgan fingerprint density at radius 1 is 1.26 bits per heavy atom. The molecule has 0 bridgehead atoms. The van der Waals surface area contributed by atoms with Crippen molar-refractivity contribution >= 4 is 22.5 Å². The molecule has 0 radical (unpaired) electrons. The van der Waals surface area contributed by atoms with Gasteiger partial charge < -0.3 is 15.0 Å². The Balaban J connectivity index is 1.55. The number of para-hydroxylation sites is 1.